The Morgan fingerprint density at radius 1 is 0.691 bits per heavy atom. The van der Waals surface area contributed by atoms with Crippen LogP contribution in [0.2, 0.25) is 0 Å². The quantitative estimate of drug-likeness (QED) is 0.0565. The molecule has 383 valence electrons. The number of rotatable bonds is 11. The van der Waals surface area contributed by atoms with Crippen LogP contribution in [0.15, 0.2) is 114 Å². The van der Waals surface area contributed by atoms with Crippen molar-refractivity contribution in [2.45, 2.75) is 87.3 Å². The molecule has 0 radical (unpaired) electrons. The van der Waals surface area contributed by atoms with E-state index in [1.165, 1.54) is 62.1 Å². The summed E-state index contributed by atoms with van der Waals surface area (Å²) in [4.78, 5) is -2.37. The van der Waals surface area contributed by atoms with Crippen molar-refractivity contribution in [1.82, 2.24) is 4.13 Å². The second kappa shape index (κ2) is 32.7. The van der Waals surface area contributed by atoms with Crippen molar-refractivity contribution < 1.29 is 101 Å². The van der Waals surface area contributed by atoms with Gasteiger partial charge in [0.2, 0.25) is 29.7 Å². The molecule has 4 aromatic rings. The predicted molar refractivity (Wildman–Crippen MR) is 276 cm³/mol. The maximum atomic E-state index is 12.7. The van der Waals surface area contributed by atoms with Gasteiger partial charge in [0.1, 0.15) is 21.3 Å². The van der Waals surface area contributed by atoms with Crippen LogP contribution in [0, 0.1) is 20.8 Å². The van der Waals surface area contributed by atoms with Gasteiger partial charge in [-0.3, -0.25) is 0 Å². The minimum Gasteiger partial charge on any atom is 1.00 e. The second-order valence-corrected chi connectivity index (χ2v) is 37.9. The smallest absolute Gasteiger partial charge is 1.00 e. The molecule has 0 aromatic heterocycles. The van der Waals surface area contributed by atoms with Gasteiger partial charge in [-0.1, -0.05) is 83.4 Å². The summed E-state index contributed by atoms with van der Waals surface area (Å²) in [6, 6.07) is 17.7. The molecular formula is C37H50ClF3I3LiN2O14S6V. The summed E-state index contributed by atoms with van der Waals surface area (Å²) in [6.07, 6.45) is 2.23. The number of halogens is 7. The summed E-state index contributed by atoms with van der Waals surface area (Å²) in [5.41, 5.74) is -4.24. The standard InChI is InChI=1S/C15H14F3NO7S3.C14H13ClO5S2.C4H9I.C2H5.CH5NO2S.CH4.2HI.Li.V/c1-10-3-5-11(6-4-10)27(20,21)12-7-8-13(26-2)14(9-12)28(22,23)19-29(24,25)15(16,17)18;1-10-3-5-11(6-4-10)21(16,17)12-7-8-13(20-2)14(9-12)22(15,18)19;1-3-4(2)5;1-2;1-5(2,3)4;;;;;/h3-9,19H,1-2H3;3-9H,1-2H3;4H,3H2,1-2H3;1H2,2H3;1H3,(H2,2,3,4);1H4;2*1H;;/q;;;-1;;;;;+1;+2/p-2. The normalized spacial score (nSPS) is 11.8. The summed E-state index contributed by atoms with van der Waals surface area (Å²) < 4.78 is 188. The predicted octanol–water partition coefficient (Wildman–Crippen LogP) is 6.10. The zero-order valence-corrected chi connectivity index (χ0v) is 50.4. The van der Waals surface area contributed by atoms with Crippen molar-refractivity contribution in [1.29, 1.82) is 0 Å². The molecule has 0 aliphatic carbocycles. The number of methoxy groups -OCH3 is 2. The van der Waals surface area contributed by atoms with Gasteiger partial charge in [-0.2, -0.15) is 20.1 Å². The van der Waals surface area contributed by atoms with E-state index in [1.54, 1.807) is 26.0 Å². The number of nitrogens with one attached hydrogen (secondary N) is 1. The van der Waals surface area contributed by atoms with Gasteiger partial charge in [0.15, 0.2) is 0 Å². The van der Waals surface area contributed by atoms with E-state index >= 15 is 0 Å². The van der Waals surface area contributed by atoms with Crippen LogP contribution in [0.5, 0.6) is 11.5 Å². The molecule has 0 saturated carbocycles. The third-order valence-corrected chi connectivity index (χ3v) is 16.2. The van der Waals surface area contributed by atoms with E-state index in [1.807, 2.05) is 6.92 Å². The molecule has 4 rings (SSSR count). The van der Waals surface area contributed by atoms with Gasteiger partial charge in [0.25, 0.3) is 19.1 Å². The number of primary sulfonamides is 1. The molecule has 4 aromatic carbocycles. The summed E-state index contributed by atoms with van der Waals surface area (Å²) in [6.45, 7) is 12.9. The van der Waals surface area contributed by atoms with Gasteiger partial charge in [-0.25, -0.2) is 55.6 Å². The molecule has 16 nitrogen and oxygen atoms in total. The van der Waals surface area contributed by atoms with Crippen molar-refractivity contribution in [3.05, 3.63) is 103 Å². The summed E-state index contributed by atoms with van der Waals surface area (Å²) in [5.74, 6) is -0.574. The van der Waals surface area contributed by atoms with Gasteiger partial charge in [-0.05, 0) is 80.9 Å². The van der Waals surface area contributed by atoms with Crippen molar-refractivity contribution >= 4 is 132 Å². The van der Waals surface area contributed by atoms with Gasteiger partial charge in [-0.15, -0.1) is 0 Å². The first kappa shape index (κ1) is 74.1. The Morgan fingerprint density at radius 3 is 1.21 bits per heavy atom. The van der Waals surface area contributed by atoms with Crippen LogP contribution in [-0.4, -0.2) is 80.4 Å². The molecule has 31 heteroatoms. The van der Waals surface area contributed by atoms with E-state index in [9.17, 15) is 63.7 Å². The SMILES string of the molecule is C.CCC(C)I.COc1ccc(S(=O)(=O)c2ccc(C)cc2)cc1S(=O)(=O)Cl.COc1ccc(S(=O)(=O)c2ccc(C)cc2)cc1S(=O)(=O)NS(=O)(=O)C(F)(F)F.CS(N)(=O)=O.[CH2-]C.[I][V][I].[Li+]. The number of benzene rings is 4. The van der Waals surface area contributed by atoms with E-state index < -0.39 is 79.8 Å². The molecule has 0 amide bonds. The van der Waals surface area contributed by atoms with Crippen LogP contribution in [0.3, 0.4) is 0 Å². The van der Waals surface area contributed by atoms with Crippen molar-refractivity contribution in [2.75, 3.05) is 20.5 Å². The van der Waals surface area contributed by atoms with Crippen LogP contribution in [0.1, 0.15) is 45.7 Å². The number of nitrogens with two attached hydrogens (primary N) is 1. The van der Waals surface area contributed by atoms with Crippen molar-refractivity contribution in [3.8, 4) is 11.5 Å². The maximum Gasteiger partial charge on any atom is 1.00 e. The first-order valence-electron chi connectivity index (χ1n) is 17.5. The zero-order valence-electron chi connectivity index (χ0n) is 36.9. The number of sulfone groups is 2. The Labute approximate surface area is 459 Å². The molecule has 0 aliphatic heterocycles. The molecule has 3 N–H and O–H groups in total. The summed E-state index contributed by atoms with van der Waals surface area (Å²) in [5, 5.41) is 4.33. The Kier molecular flexibility index (Phi) is 35.6. The molecule has 0 saturated heterocycles. The Bertz CT molecular complexity index is 2870. The number of hydrogen-bond donors (Lipinski definition) is 2. The topological polar surface area (TPSA) is 261 Å². The largest absolute Gasteiger partial charge is 1.00 e. The first-order chi connectivity index (χ1) is 30.0. The summed E-state index contributed by atoms with van der Waals surface area (Å²) in [7, 11) is -18.8. The Hall–Kier alpha value is -0.448. The third kappa shape index (κ3) is 26.0. The molecule has 1 atom stereocenters. The Morgan fingerprint density at radius 2 is 0.956 bits per heavy atom. The van der Waals surface area contributed by atoms with Crippen molar-refractivity contribution in [3.63, 3.8) is 0 Å². The molecule has 0 fully saturated rings. The number of aryl methyl sites for hydroxylation is 2. The van der Waals surface area contributed by atoms with Gasteiger partial charge in [0.05, 0.1) is 40.1 Å². The van der Waals surface area contributed by atoms with Gasteiger partial charge < -0.3 is 16.4 Å². The second-order valence-electron chi connectivity index (χ2n) is 12.3. The zero-order chi connectivity index (χ0) is 52.3. The van der Waals surface area contributed by atoms with Gasteiger partial charge >= 0.3 is 83.8 Å². The molecule has 0 aliphatic rings. The fourth-order valence-electron chi connectivity index (χ4n) is 3.99. The van der Waals surface area contributed by atoms with Crippen LogP contribution >= 0.6 is 73.2 Å². The maximum absolute atomic E-state index is 12.7. The van der Waals surface area contributed by atoms with Crippen LogP contribution in [-0.2, 0) is 68.3 Å². The van der Waals surface area contributed by atoms with E-state index in [4.69, 9.17) is 20.2 Å². The fraction of sp³-hybridized carbons (Fsp3) is 0.324. The fourth-order valence-corrected chi connectivity index (χ4v) is 10.3. The first-order valence-corrected chi connectivity index (χ1v) is 38.0. The van der Waals surface area contributed by atoms with Gasteiger partial charge in [0, 0.05) is 14.6 Å². The van der Waals surface area contributed by atoms with Crippen LogP contribution in [0.4, 0.5) is 13.2 Å². The number of alkyl halides is 4. The number of ether oxygens (including phenoxy) is 2. The number of sulfonamides is 3. The Balaban J connectivity index is -0.000000461. The third-order valence-electron chi connectivity index (χ3n) is 7.19. The monoisotopic (exact) mass is 1470 g/mol. The van der Waals surface area contributed by atoms with E-state index in [0.717, 1.165) is 46.6 Å². The van der Waals surface area contributed by atoms with Crippen LogP contribution in [0.25, 0.3) is 0 Å². The molecule has 0 spiro atoms. The molecule has 1 unspecified atom stereocenters. The van der Waals surface area contributed by atoms with E-state index in [-0.39, 0.29) is 51.6 Å². The van der Waals surface area contributed by atoms with E-state index in [2.05, 4.69) is 88.5 Å². The molecule has 0 heterocycles. The average molecular weight is 1470 g/mol. The summed E-state index contributed by atoms with van der Waals surface area (Å²) >= 11 is 7.14. The molecule has 68 heavy (non-hydrogen) atoms. The average Bonchev–Trinajstić information content (AvgIpc) is 3.20. The van der Waals surface area contributed by atoms with E-state index in [0.29, 0.717) is 19.7 Å². The van der Waals surface area contributed by atoms with Crippen molar-refractivity contribution in [2.24, 2.45) is 5.14 Å². The minimum absolute atomic E-state index is 0. The molecular weight excluding hydrogens is 1420 g/mol. The van der Waals surface area contributed by atoms with Crippen LogP contribution < -0.4 is 37.6 Å². The minimum atomic E-state index is -6.28. The number of hydrogen-bond acceptors (Lipinski definition) is 14. The molecule has 0 bridgehead atoms.